The lowest BCUT2D eigenvalue weighted by Crippen LogP contribution is -2.03. The second kappa shape index (κ2) is 9.36. The number of aromatic nitrogens is 4. The summed E-state index contributed by atoms with van der Waals surface area (Å²) in [6.07, 6.45) is 2.16. The zero-order valence-corrected chi connectivity index (χ0v) is 24.9. The van der Waals surface area contributed by atoms with Crippen LogP contribution in [-0.4, -0.2) is 19.1 Å². The highest BCUT2D eigenvalue weighted by atomic mass is 32.1. The number of nitrogens with zero attached hydrogens (tertiary/aromatic N) is 4. The second-order valence-corrected chi connectivity index (χ2v) is 12.5. The van der Waals surface area contributed by atoms with E-state index in [2.05, 4.69) is 149 Å². The van der Waals surface area contributed by atoms with Crippen LogP contribution in [0.2, 0.25) is 0 Å². The average molecular weight is 593 g/mol. The van der Waals surface area contributed by atoms with Crippen LogP contribution >= 0.6 is 11.3 Å². The van der Waals surface area contributed by atoms with E-state index in [-0.39, 0.29) is 0 Å². The minimum Gasteiger partial charge on any atom is -0.317 e. The Morgan fingerprint density at radius 1 is 0.533 bits per heavy atom. The van der Waals surface area contributed by atoms with Gasteiger partial charge in [-0.05, 0) is 42.5 Å². The molecule has 0 aliphatic carbocycles. The van der Waals surface area contributed by atoms with Crippen molar-refractivity contribution in [2.45, 2.75) is 0 Å². The van der Waals surface area contributed by atoms with E-state index < -0.39 is 0 Å². The molecule has 4 aromatic heterocycles. The number of hydrogen-bond donors (Lipinski definition) is 0. The van der Waals surface area contributed by atoms with E-state index in [4.69, 9.17) is 9.97 Å². The largest absolute Gasteiger partial charge is 0.317 e. The highest BCUT2D eigenvalue weighted by molar-refractivity contribution is 7.26. The van der Waals surface area contributed by atoms with Crippen molar-refractivity contribution in [1.29, 1.82) is 0 Å². The molecule has 10 aromatic rings. The van der Waals surface area contributed by atoms with Gasteiger partial charge in [0.25, 0.3) is 0 Å². The van der Waals surface area contributed by atoms with Crippen LogP contribution in [0.25, 0.3) is 86.7 Å². The summed E-state index contributed by atoms with van der Waals surface area (Å²) >= 11 is 1.84. The third-order valence-electron chi connectivity index (χ3n) is 8.96. The Hall–Kier alpha value is -5.78. The summed E-state index contributed by atoms with van der Waals surface area (Å²) in [5.74, 6) is 0.680. The SMILES string of the molecule is c1ccc(-c2nc(-n3c4cc5ccn(-c6ccccc6)c5cc4c4ccc5c6ccccc6sc5c43)nc3ccccc23)cc1. The molecule has 0 aliphatic rings. The number of hydrogen-bond acceptors (Lipinski definition) is 3. The van der Waals surface area contributed by atoms with E-state index in [1.165, 1.54) is 41.8 Å². The van der Waals surface area contributed by atoms with Crippen LogP contribution in [0.3, 0.4) is 0 Å². The maximum atomic E-state index is 5.36. The molecular weight excluding hydrogens is 569 g/mol. The van der Waals surface area contributed by atoms with Crippen LogP contribution in [0, 0.1) is 0 Å². The molecule has 0 spiro atoms. The van der Waals surface area contributed by atoms with Crippen molar-refractivity contribution < 1.29 is 0 Å². The number of thiophene rings is 1. The topological polar surface area (TPSA) is 35.6 Å². The van der Waals surface area contributed by atoms with Crippen LogP contribution in [-0.2, 0) is 0 Å². The Morgan fingerprint density at radius 2 is 1.27 bits per heavy atom. The van der Waals surface area contributed by atoms with Crippen molar-refractivity contribution in [3.8, 4) is 22.9 Å². The lowest BCUT2D eigenvalue weighted by atomic mass is 10.1. The number of fused-ring (bicyclic) bond motifs is 9. The first-order chi connectivity index (χ1) is 22.3. The van der Waals surface area contributed by atoms with Gasteiger partial charge in [0.15, 0.2) is 0 Å². The molecule has 10 rings (SSSR count). The molecule has 210 valence electrons. The molecule has 6 aromatic carbocycles. The fourth-order valence-corrected chi connectivity index (χ4v) is 8.15. The number of rotatable bonds is 3. The predicted molar refractivity (Wildman–Crippen MR) is 189 cm³/mol. The monoisotopic (exact) mass is 592 g/mol. The van der Waals surface area contributed by atoms with Crippen LogP contribution in [0.15, 0.2) is 146 Å². The Balaban J connectivity index is 1.38. The van der Waals surface area contributed by atoms with Gasteiger partial charge >= 0.3 is 0 Å². The van der Waals surface area contributed by atoms with E-state index in [0.29, 0.717) is 5.95 Å². The first-order valence-electron chi connectivity index (χ1n) is 15.1. The summed E-state index contributed by atoms with van der Waals surface area (Å²) in [5, 5.41) is 7.14. The molecule has 0 atom stereocenters. The van der Waals surface area contributed by atoms with E-state index in [1.54, 1.807) is 0 Å². The van der Waals surface area contributed by atoms with Crippen molar-refractivity contribution in [1.82, 2.24) is 19.1 Å². The van der Waals surface area contributed by atoms with Crippen LogP contribution < -0.4 is 0 Å². The minimum atomic E-state index is 0.680. The third-order valence-corrected chi connectivity index (χ3v) is 10.1. The minimum absolute atomic E-state index is 0.680. The smallest absolute Gasteiger partial charge is 0.235 e. The summed E-state index contributed by atoms with van der Waals surface area (Å²) in [7, 11) is 0. The molecule has 0 unspecified atom stereocenters. The molecule has 0 saturated carbocycles. The molecule has 0 amide bonds. The lowest BCUT2D eigenvalue weighted by Gasteiger charge is -2.12. The standard InChI is InChI=1S/C40H24N4S/c1-3-11-25(12-4-1)37-31-16-7-9-17-33(31)41-40(42-37)44-35-23-26-21-22-43(27-13-5-2-6-14-27)34(26)24-32(35)29-19-20-30-28-15-8-10-18-36(28)45-39(30)38(29)44/h1-24H. The zero-order valence-electron chi connectivity index (χ0n) is 24.1. The fraction of sp³-hybridized carbons (Fsp3) is 0. The van der Waals surface area contributed by atoms with Gasteiger partial charge in [0.2, 0.25) is 5.95 Å². The zero-order chi connectivity index (χ0) is 29.5. The fourth-order valence-electron chi connectivity index (χ4n) is 6.91. The van der Waals surface area contributed by atoms with Gasteiger partial charge in [0.05, 0.1) is 32.5 Å². The normalized spacial score (nSPS) is 12.0. The first-order valence-corrected chi connectivity index (χ1v) is 15.9. The van der Waals surface area contributed by atoms with E-state index in [9.17, 15) is 0 Å². The summed E-state index contributed by atoms with van der Waals surface area (Å²) in [5.41, 5.74) is 7.51. The molecular formula is C40H24N4S. The predicted octanol–water partition coefficient (Wildman–Crippen LogP) is 10.7. The Labute approximate surface area is 262 Å². The number of benzene rings is 6. The van der Waals surface area contributed by atoms with Gasteiger partial charge in [0, 0.05) is 54.5 Å². The van der Waals surface area contributed by atoms with E-state index in [0.717, 1.165) is 38.9 Å². The van der Waals surface area contributed by atoms with Gasteiger partial charge in [-0.15, -0.1) is 11.3 Å². The second-order valence-electron chi connectivity index (χ2n) is 11.5. The molecule has 45 heavy (non-hydrogen) atoms. The van der Waals surface area contributed by atoms with E-state index in [1.807, 2.05) is 17.4 Å². The van der Waals surface area contributed by atoms with Crippen LogP contribution in [0.4, 0.5) is 0 Å². The maximum absolute atomic E-state index is 5.36. The molecule has 4 heterocycles. The molecule has 0 bridgehead atoms. The van der Waals surface area contributed by atoms with Crippen molar-refractivity contribution in [2.75, 3.05) is 0 Å². The molecule has 0 N–H and O–H groups in total. The van der Waals surface area contributed by atoms with Crippen molar-refractivity contribution in [2.24, 2.45) is 0 Å². The Morgan fingerprint density at radius 3 is 2.13 bits per heavy atom. The third kappa shape index (κ3) is 3.59. The van der Waals surface area contributed by atoms with Crippen molar-refractivity contribution in [3.05, 3.63) is 146 Å². The van der Waals surface area contributed by atoms with Crippen LogP contribution in [0.5, 0.6) is 0 Å². The quantitative estimate of drug-likeness (QED) is 0.205. The van der Waals surface area contributed by atoms with Crippen LogP contribution in [0.1, 0.15) is 0 Å². The summed E-state index contributed by atoms with van der Waals surface area (Å²) in [6, 6.07) is 49.4. The van der Waals surface area contributed by atoms with Gasteiger partial charge < -0.3 is 4.57 Å². The first kappa shape index (κ1) is 24.6. The van der Waals surface area contributed by atoms with Crippen molar-refractivity contribution >= 4 is 75.1 Å². The summed E-state index contributed by atoms with van der Waals surface area (Å²) < 4.78 is 7.11. The maximum Gasteiger partial charge on any atom is 0.235 e. The van der Waals surface area contributed by atoms with Gasteiger partial charge in [-0.2, -0.15) is 0 Å². The molecule has 5 heteroatoms. The van der Waals surface area contributed by atoms with Gasteiger partial charge in [-0.25, -0.2) is 9.97 Å². The Bertz CT molecular complexity index is 2750. The van der Waals surface area contributed by atoms with Crippen molar-refractivity contribution in [3.63, 3.8) is 0 Å². The molecule has 0 fully saturated rings. The average Bonchev–Trinajstić information content (AvgIpc) is 3.79. The Kier molecular flexibility index (Phi) is 5.12. The van der Waals surface area contributed by atoms with Gasteiger partial charge in [-0.1, -0.05) is 97.1 Å². The highest BCUT2D eigenvalue weighted by Crippen LogP contribution is 2.44. The van der Waals surface area contributed by atoms with E-state index >= 15 is 0 Å². The molecule has 4 nitrogen and oxygen atoms in total. The molecule has 0 saturated heterocycles. The summed E-state index contributed by atoms with van der Waals surface area (Å²) in [4.78, 5) is 10.6. The van der Waals surface area contributed by atoms with Gasteiger partial charge in [0.1, 0.15) is 0 Å². The number of para-hydroxylation sites is 2. The summed E-state index contributed by atoms with van der Waals surface area (Å²) in [6.45, 7) is 0. The highest BCUT2D eigenvalue weighted by Gasteiger charge is 2.22. The molecule has 0 radical (unpaired) electrons. The molecule has 0 aliphatic heterocycles. The lowest BCUT2D eigenvalue weighted by molar-refractivity contribution is 1.02. The van der Waals surface area contributed by atoms with Gasteiger partial charge in [-0.3, -0.25) is 4.57 Å².